The first kappa shape index (κ1) is 20.1. The van der Waals surface area contributed by atoms with Crippen molar-refractivity contribution in [3.63, 3.8) is 0 Å². The number of anilines is 1. The molecule has 0 aromatic heterocycles. The molecule has 140 valence electrons. The lowest BCUT2D eigenvalue weighted by atomic mass is 10.2. The maximum atomic E-state index is 13.7. The Morgan fingerprint density at radius 2 is 1.69 bits per heavy atom. The van der Waals surface area contributed by atoms with Crippen LogP contribution in [0.4, 0.5) is 10.1 Å². The van der Waals surface area contributed by atoms with Crippen LogP contribution < -0.4 is 5.32 Å². The second-order valence-electron chi connectivity index (χ2n) is 5.87. The lowest BCUT2D eigenvalue weighted by molar-refractivity contribution is 0.102. The summed E-state index contributed by atoms with van der Waals surface area (Å²) in [5.74, 6) is -1.12. The van der Waals surface area contributed by atoms with E-state index < -0.39 is 21.7 Å². The van der Waals surface area contributed by atoms with Crippen molar-refractivity contribution in [3.05, 3.63) is 59.9 Å². The highest BCUT2D eigenvalue weighted by Gasteiger charge is 2.24. The number of amides is 1. The smallest absolute Gasteiger partial charge is 0.255 e. The van der Waals surface area contributed by atoms with Crippen LogP contribution in [-0.4, -0.2) is 31.7 Å². The molecule has 0 aliphatic carbocycles. The van der Waals surface area contributed by atoms with Gasteiger partial charge in [0.05, 0.1) is 10.6 Å². The van der Waals surface area contributed by atoms with E-state index in [-0.39, 0.29) is 16.1 Å². The number of carbonyl (C=O) groups excluding carboxylic acids is 1. The first-order chi connectivity index (χ1) is 12.4. The number of rotatable bonds is 8. The molecule has 7 heteroatoms. The minimum Gasteiger partial charge on any atom is -0.319 e. The Hall–Kier alpha value is -2.25. The minimum absolute atomic E-state index is 0.0457. The third-order valence-corrected chi connectivity index (χ3v) is 5.70. The second-order valence-corrected chi connectivity index (χ2v) is 7.80. The van der Waals surface area contributed by atoms with E-state index >= 15 is 0 Å². The van der Waals surface area contributed by atoms with E-state index in [0.717, 1.165) is 0 Å². The average Bonchev–Trinajstić information content (AvgIpc) is 2.63. The fourth-order valence-electron chi connectivity index (χ4n) is 2.55. The molecule has 2 rings (SSSR count). The number of carbonyl (C=O) groups is 1. The summed E-state index contributed by atoms with van der Waals surface area (Å²) in [5, 5.41) is 2.46. The van der Waals surface area contributed by atoms with Gasteiger partial charge < -0.3 is 5.32 Å². The predicted octanol–water partition coefficient (Wildman–Crippen LogP) is 3.89. The Morgan fingerprint density at radius 3 is 2.31 bits per heavy atom. The minimum atomic E-state index is -3.68. The lowest BCUT2D eigenvalue weighted by Gasteiger charge is -2.21. The molecule has 0 fully saturated rings. The first-order valence-corrected chi connectivity index (χ1v) is 10.00. The molecule has 2 aromatic rings. The quantitative estimate of drug-likeness (QED) is 0.758. The zero-order valence-electron chi connectivity index (χ0n) is 14.9. The number of hydrogen-bond donors (Lipinski definition) is 1. The van der Waals surface area contributed by atoms with Gasteiger partial charge in [-0.2, -0.15) is 4.31 Å². The van der Waals surface area contributed by atoms with Crippen molar-refractivity contribution in [2.75, 3.05) is 18.4 Å². The van der Waals surface area contributed by atoms with Crippen LogP contribution in [0.25, 0.3) is 0 Å². The van der Waals surface area contributed by atoms with Gasteiger partial charge in [-0.15, -0.1) is 0 Å². The fraction of sp³-hybridized carbons (Fsp3) is 0.316. The maximum absolute atomic E-state index is 13.7. The van der Waals surface area contributed by atoms with Crippen LogP contribution in [0.2, 0.25) is 0 Å². The van der Waals surface area contributed by atoms with Crippen molar-refractivity contribution in [3.8, 4) is 0 Å². The third-order valence-electron chi connectivity index (χ3n) is 3.80. The molecule has 0 spiro atoms. The normalized spacial score (nSPS) is 11.5. The van der Waals surface area contributed by atoms with Crippen LogP contribution in [0.5, 0.6) is 0 Å². The summed E-state index contributed by atoms with van der Waals surface area (Å²) in [7, 11) is -3.68. The summed E-state index contributed by atoms with van der Waals surface area (Å²) in [4.78, 5) is 12.4. The molecule has 5 nitrogen and oxygen atoms in total. The van der Waals surface area contributed by atoms with Gasteiger partial charge in [-0.25, -0.2) is 12.8 Å². The highest BCUT2D eigenvalue weighted by Crippen LogP contribution is 2.19. The summed E-state index contributed by atoms with van der Waals surface area (Å²) in [6.07, 6.45) is 1.40. The van der Waals surface area contributed by atoms with Gasteiger partial charge in [0.1, 0.15) is 5.82 Å². The summed E-state index contributed by atoms with van der Waals surface area (Å²) >= 11 is 0. The summed E-state index contributed by atoms with van der Waals surface area (Å²) in [6.45, 7) is 4.66. The number of nitrogens with one attached hydrogen (secondary N) is 1. The van der Waals surface area contributed by atoms with E-state index in [9.17, 15) is 17.6 Å². The summed E-state index contributed by atoms with van der Waals surface area (Å²) in [6, 6.07) is 11.6. The van der Waals surface area contributed by atoms with Gasteiger partial charge in [-0.05, 0) is 43.2 Å². The molecule has 0 heterocycles. The molecule has 2 aromatic carbocycles. The van der Waals surface area contributed by atoms with Crippen LogP contribution in [0.1, 0.15) is 37.0 Å². The van der Waals surface area contributed by atoms with Crippen molar-refractivity contribution >= 4 is 21.6 Å². The zero-order valence-corrected chi connectivity index (χ0v) is 15.7. The van der Waals surface area contributed by atoms with Gasteiger partial charge in [-0.3, -0.25) is 4.79 Å². The molecule has 0 aliphatic heterocycles. The van der Waals surface area contributed by atoms with Crippen molar-refractivity contribution in [1.29, 1.82) is 0 Å². The number of benzene rings is 2. The summed E-state index contributed by atoms with van der Waals surface area (Å²) < 4.78 is 40.8. The maximum Gasteiger partial charge on any atom is 0.255 e. The predicted molar refractivity (Wildman–Crippen MR) is 100 cm³/mol. The summed E-state index contributed by atoms with van der Waals surface area (Å²) in [5.41, 5.74) is 0.201. The van der Waals surface area contributed by atoms with Crippen molar-refractivity contribution in [1.82, 2.24) is 4.31 Å². The third kappa shape index (κ3) is 4.68. The van der Waals surface area contributed by atoms with Crippen LogP contribution >= 0.6 is 0 Å². The molecule has 0 unspecified atom stereocenters. The molecule has 0 aliphatic rings. The zero-order chi connectivity index (χ0) is 19.2. The number of sulfonamides is 1. The molecule has 0 radical (unpaired) electrons. The van der Waals surface area contributed by atoms with Crippen LogP contribution in [-0.2, 0) is 10.0 Å². The molecule has 26 heavy (non-hydrogen) atoms. The molecular weight excluding hydrogens is 355 g/mol. The monoisotopic (exact) mass is 378 g/mol. The van der Waals surface area contributed by atoms with Crippen molar-refractivity contribution in [2.24, 2.45) is 0 Å². The van der Waals surface area contributed by atoms with Crippen molar-refractivity contribution < 1.29 is 17.6 Å². The standard InChI is InChI=1S/C19H23FN2O3S/c1-3-12-22(13-4-2)26(24,25)16-9-7-8-15(14-16)19(23)21-18-11-6-5-10-17(18)20/h5-11,14H,3-4,12-13H2,1-2H3,(H,21,23). The highest BCUT2D eigenvalue weighted by atomic mass is 32.2. The second kappa shape index (κ2) is 8.91. The van der Waals surface area contributed by atoms with E-state index in [1.54, 1.807) is 6.07 Å². The lowest BCUT2D eigenvalue weighted by Crippen LogP contribution is -2.32. The Balaban J connectivity index is 2.29. The van der Waals surface area contributed by atoms with Crippen LogP contribution in [0, 0.1) is 5.82 Å². The molecule has 0 saturated carbocycles. The Kier molecular flexibility index (Phi) is 6.88. The van der Waals surface area contributed by atoms with Crippen molar-refractivity contribution in [2.45, 2.75) is 31.6 Å². The average molecular weight is 378 g/mol. The van der Waals surface area contributed by atoms with Gasteiger partial charge in [0.25, 0.3) is 5.91 Å². The van der Waals surface area contributed by atoms with E-state index in [4.69, 9.17) is 0 Å². The van der Waals surface area contributed by atoms with Crippen LogP contribution in [0.3, 0.4) is 0 Å². The van der Waals surface area contributed by atoms with Gasteiger partial charge in [-0.1, -0.05) is 32.0 Å². The SMILES string of the molecule is CCCN(CCC)S(=O)(=O)c1cccc(C(=O)Nc2ccccc2F)c1. The Morgan fingerprint density at radius 1 is 1.04 bits per heavy atom. The molecule has 0 atom stereocenters. The molecule has 0 bridgehead atoms. The first-order valence-electron chi connectivity index (χ1n) is 8.56. The van der Waals surface area contributed by atoms with Gasteiger partial charge in [0, 0.05) is 18.7 Å². The molecule has 1 N–H and O–H groups in total. The van der Waals surface area contributed by atoms with E-state index in [2.05, 4.69) is 5.32 Å². The number of nitrogens with zero attached hydrogens (tertiary/aromatic N) is 1. The number of halogens is 1. The molecule has 0 saturated heterocycles. The molecule has 1 amide bonds. The topological polar surface area (TPSA) is 66.5 Å². The van der Waals surface area contributed by atoms with E-state index in [1.165, 1.54) is 46.8 Å². The van der Waals surface area contributed by atoms with Gasteiger partial charge in [0.15, 0.2) is 0 Å². The molecular formula is C19H23FN2O3S. The van der Waals surface area contributed by atoms with Gasteiger partial charge >= 0.3 is 0 Å². The Labute approximate surface area is 153 Å². The number of hydrogen-bond acceptors (Lipinski definition) is 3. The van der Waals surface area contributed by atoms with Crippen LogP contribution in [0.15, 0.2) is 53.4 Å². The van der Waals surface area contributed by atoms with E-state index in [0.29, 0.717) is 25.9 Å². The fourth-order valence-corrected chi connectivity index (χ4v) is 4.23. The highest BCUT2D eigenvalue weighted by molar-refractivity contribution is 7.89. The number of para-hydroxylation sites is 1. The van der Waals surface area contributed by atoms with E-state index in [1.807, 2.05) is 13.8 Å². The van der Waals surface area contributed by atoms with Gasteiger partial charge in [0.2, 0.25) is 10.0 Å². The Bertz CT molecular complexity index is 863. The largest absolute Gasteiger partial charge is 0.319 e.